The largest absolute Gasteiger partial charge is 0.479 e. The first kappa shape index (κ1) is 14.9. The molecule has 6 heteroatoms. The van der Waals surface area contributed by atoms with E-state index in [9.17, 15) is 9.59 Å². The smallest absolute Gasteiger partial charge is 0.334 e. The van der Waals surface area contributed by atoms with Crippen LogP contribution in [-0.4, -0.2) is 42.8 Å². The van der Waals surface area contributed by atoms with E-state index >= 15 is 0 Å². The molecule has 0 saturated heterocycles. The van der Waals surface area contributed by atoms with Gasteiger partial charge in [0.15, 0.2) is 6.10 Å². The molecule has 0 bridgehead atoms. The summed E-state index contributed by atoms with van der Waals surface area (Å²) in [6.07, 6.45) is 0.851. The molecule has 2 unspecified atom stereocenters. The average Bonchev–Trinajstić information content (AvgIpc) is 2.17. The molecule has 0 aromatic rings. The minimum absolute atomic E-state index is 0.0111. The number of methoxy groups -OCH3 is 1. The van der Waals surface area contributed by atoms with Gasteiger partial charge in [0.2, 0.25) is 5.91 Å². The zero-order chi connectivity index (χ0) is 12.6. The molecule has 2 atom stereocenters. The molecule has 0 aromatic heterocycles. The number of carboxylic acid groups (broad SMARTS) is 1. The van der Waals surface area contributed by atoms with Gasteiger partial charge in [-0.3, -0.25) is 4.79 Å². The normalized spacial score (nSPS) is 14.2. The molecule has 94 valence electrons. The Kier molecular flexibility index (Phi) is 7.49. The Morgan fingerprint density at radius 1 is 1.50 bits per heavy atom. The van der Waals surface area contributed by atoms with E-state index in [1.165, 1.54) is 7.11 Å². The van der Waals surface area contributed by atoms with E-state index in [2.05, 4.69) is 10.1 Å². The Hall–Kier alpha value is -1.14. The first-order valence-corrected chi connectivity index (χ1v) is 5.25. The van der Waals surface area contributed by atoms with Crippen molar-refractivity contribution in [1.29, 1.82) is 0 Å². The van der Waals surface area contributed by atoms with Crippen molar-refractivity contribution in [1.82, 2.24) is 5.32 Å². The predicted octanol–water partition coefficient (Wildman–Crippen LogP) is -0.280. The number of hydrogen-bond acceptors (Lipinski definition) is 4. The van der Waals surface area contributed by atoms with Crippen molar-refractivity contribution in [3.63, 3.8) is 0 Å². The molecule has 4 N–H and O–H groups in total. The quantitative estimate of drug-likeness (QED) is 0.534. The van der Waals surface area contributed by atoms with Crippen LogP contribution in [0.1, 0.15) is 26.2 Å². The Morgan fingerprint density at radius 2 is 2.12 bits per heavy atom. The lowest BCUT2D eigenvalue weighted by molar-refractivity contribution is -0.148. The Labute approximate surface area is 95.1 Å². The topological polar surface area (TPSA) is 102 Å². The number of carbonyl (C=O) groups is 2. The summed E-state index contributed by atoms with van der Waals surface area (Å²) in [5.74, 6) is -1.26. The first-order valence-electron chi connectivity index (χ1n) is 5.25. The van der Waals surface area contributed by atoms with Gasteiger partial charge in [0, 0.05) is 19.6 Å². The second-order valence-electron chi connectivity index (χ2n) is 3.74. The van der Waals surface area contributed by atoms with Crippen LogP contribution in [0.3, 0.4) is 0 Å². The van der Waals surface area contributed by atoms with E-state index in [0.717, 1.165) is 6.42 Å². The number of carbonyl (C=O) groups excluding carboxylic acids is 1. The lowest BCUT2D eigenvalue weighted by Crippen LogP contribution is -2.37. The summed E-state index contributed by atoms with van der Waals surface area (Å²) in [4.78, 5) is 21.8. The number of nitrogens with two attached hydrogens (primary N) is 1. The maximum absolute atomic E-state index is 11.3. The van der Waals surface area contributed by atoms with Crippen LogP contribution >= 0.6 is 0 Å². The molecule has 16 heavy (non-hydrogen) atoms. The highest BCUT2D eigenvalue weighted by atomic mass is 16.5. The monoisotopic (exact) mass is 232 g/mol. The van der Waals surface area contributed by atoms with Crippen LogP contribution in [0.25, 0.3) is 0 Å². The summed E-state index contributed by atoms with van der Waals surface area (Å²) in [5.41, 5.74) is 5.53. The Bertz CT molecular complexity index is 231. The molecule has 0 spiro atoms. The minimum atomic E-state index is -1.08. The standard InChI is InChI=1S/C10H20N2O4/c1-7(11)4-3-5-9(13)12-6-8(16-2)10(14)15/h7-8H,3-6,11H2,1-2H3,(H,12,13)(H,14,15). The molecule has 0 heterocycles. The highest BCUT2D eigenvalue weighted by Crippen LogP contribution is 1.98. The lowest BCUT2D eigenvalue weighted by atomic mass is 10.1. The summed E-state index contributed by atoms with van der Waals surface area (Å²) in [6.45, 7) is 1.87. The third-order valence-electron chi connectivity index (χ3n) is 2.11. The number of hydrogen-bond donors (Lipinski definition) is 3. The second kappa shape index (κ2) is 8.06. The van der Waals surface area contributed by atoms with Crippen molar-refractivity contribution in [2.45, 2.75) is 38.3 Å². The van der Waals surface area contributed by atoms with Crippen LogP contribution in [0.5, 0.6) is 0 Å². The van der Waals surface area contributed by atoms with Crippen LogP contribution in [0, 0.1) is 0 Å². The van der Waals surface area contributed by atoms with Crippen molar-refractivity contribution < 1.29 is 19.4 Å². The van der Waals surface area contributed by atoms with Gasteiger partial charge < -0.3 is 20.9 Å². The molecule has 0 aliphatic rings. The van der Waals surface area contributed by atoms with Crippen LogP contribution in [0.4, 0.5) is 0 Å². The van der Waals surface area contributed by atoms with E-state index in [4.69, 9.17) is 10.8 Å². The molecule has 0 fully saturated rings. The van der Waals surface area contributed by atoms with Gasteiger partial charge in [-0.1, -0.05) is 0 Å². The molecule has 1 amide bonds. The highest BCUT2D eigenvalue weighted by molar-refractivity contribution is 5.78. The van der Waals surface area contributed by atoms with Crippen molar-refractivity contribution in [3.8, 4) is 0 Å². The fourth-order valence-electron chi connectivity index (χ4n) is 1.15. The van der Waals surface area contributed by atoms with Gasteiger partial charge in [-0.15, -0.1) is 0 Å². The van der Waals surface area contributed by atoms with E-state index in [1.807, 2.05) is 6.92 Å². The van der Waals surface area contributed by atoms with Crippen LogP contribution in [0.15, 0.2) is 0 Å². The van der Waals surface area contributed by atoms with Gasteiger partial charge in [0.05, 0.1) is 6.54 Å². The SMILES string of the molecule is COC(CNC(=O)CCCC(C)N)C(=O)O. The van der Waals surface area contributed by atoms with Gasteiger partial charge >= 0.3 is 5.97 Å². The maximum Gasteiger partial charge on any atom is 0.334 e. The fourth-order valence-corrected chi connectivity index (χ4v) is 1.15. The van der Waals surface area contributed by atoms with E-state index in [0.29, 0.717) is 12.8 Å². The first-order chi connectivity index (χ1) is 7.47. The van der Waals surface area contributed by atoms with Gasteiger partial charge in [0.1, 0.15) is 0 Å². The van der Waals surface area contributed by atoms with Gasteiger partial charge in [0.25, 0.3) is 0 Å². The zero-order valence-electron chi connectivity index (χ0n) is 9.73. The van der Waals surface area contributed by atoms with Crippen molar-refractivity contribution in [3.05, 3.63) is 0 Å². The summed E-state index contributed by atoms with van der Waals surface area (Å²) in [6, 6.07) is 0.0820. The van der Waals surface area contributed by atoms with Crippen LogP contribution in [0.2, 0.25) is 0 Å². The Morgan fingerprint density at radius 3 is 2.56 bits per heavy atom. The average molecular weight is 232 g/mol. The third-order valence-corrected chi connectivity index (χ3v) is 2.11. The number of nitrogens with one attached hydrogen (secondary N) is 1. The van der Waals surface area contributed by atoms with Crippen molar-refractivity contribution >= 4 is 11.9 Å². The van der Waals surface area contributed by atoms with Gasteiger partial charge in [-0.05, 0) is 19.8 Å². The predicted molar refractivity (Wildman–Crippen MR) is 58.9 cm³/mol. The molecule has 0 rings (SSSR count). The maximum atomic E-state index is 11.3. The fraction of sp³-hybridized carbons (Fsp3) is 0.800. The number of amides is 1. The van der Waals surface area contributed by atoms with Gasteiger partial charge in [-0.2, -0.15) is 0 Å². The van der Waals surface area contributed by atoms with E-state index in [1.54, 1.807) is 0 Å². The highest BCUT2D eigenvalue weighted by Gasteiger charge is 2.16. The zero-order valence-corrected chi connectivity index (χ0v) is 9.73. The lowest BCUT2D eigenvalue weighted by Gasteiger charge is -2.11. The molecular formula is C10H20N2O4. The molecule has 0 saturated carbocycles. The van der Waals surface area contributed by atoms with Crippen LogP contribution in [-0.2, 0) is 14.3 Å². The summed E-state index contributed by atoms with van der Waals surface area (Å²) in [5, 5.41) is 11.1. The minimum Gasteiger partial charge on any atom is -0.479 e. The summed E-state index contributed by atoms with van der Waals surface area (Å²) >= 11 is 0. The molecule has 0 radical (unpaired) electrons. The molecular weight excluding hydrogens is 212 g/mol. The summed E-state index contributed by atoms with van der Waals surface area (Å²) < 4.78 is 4.67. The second-order valence-corrected chi connectivity index (χ2v) is 3.74. The molecule has 0 aliphatic carbocycles. The van der Waals surface area contributed by atoms with Crippen LogP contribution < -0.4 is 11.1 Å². The number of carboxylic acids is 1. The number of ether oxygens (including phenoxy) is 1. The van der Waals surface area contributed by atoms with E-state index in [-0.39, 0.29) is 18.5 Å². The Balaban J connectivity index is 3.67. The van der Waals surface area contributed by atoms with E-state index < -0.39 is 12.1 Å². The summed E-state index contributed by atoms with van der Waals surface area (Å²) in [7, 11) is 1.29. The van der Waals surface area contributed by atoms with Gasteiger partial charge in [-0.25, -0.2) is 4.79 Å². The molecule has 0 aliphatic heterocycles. The van der Waals surface area contributed by atoms with Crippen molar-refractivity contribution in [2.24, 2.45) is 5.73 Å². The number of aliphatic carboxylic acids is 1. The van der Waals surface area contributed by atoms with Crippen molar-refractivity contribution in [2.75, 3.05) is 13.7 Å². The number of rotatable bonds is 8. The molecule has 6 nitrogen and oxygen atoms in total. The third kappa shape index (κ3) is 7.19. The molecule has 0 aromatic carbocycles.